The molecule has 7 heteroatoms. The molecule has 1 aliphatic heterocycles. The summed E-state index contributed by atoms with van der Waals surface area (Å²) in [6.45, 7) is 4.07. The van der Waals surface area contributed by atoms with Crippen molar-refractivity contribution in [2.45, 2.75) is 18.2 Å². The van der Waals surface area contributed by atoms with E-state index in [4.69, 9.17) is 9.66 Å². The maximum atomic E-state index is 10.9. The predicted molar refractivity (Wildman–Crippen MR) is 56.3 cm³/mol. The lowest BCUT2D eigenvalue weighted by atomic mass is 10.1. The first kappa shape index (κ1) is 12.9. The van der Waals surface area contributed by atoms with Gasteiger partial charge >= 0.3 is 0 Å². The summed E-state index contributed by atoms with van der Waals surface area (Å²) in [7, 11) is -3.99. The summed E-state index contributed by atoms with van der Waals surface area (Å²) >= 11 is 0. The van der Waals surface area contributed by atoms with Crippen LogP contribution in [0.3, 0.4) is 0 Å². The Morgan fingerprint density at radius 3 is 2.80 bits per heavy atom. The van der Waals surface area contributed by atoms with Gasteiger partial charge in [0, 0.05) is 32.2 Å². The highest BCUT2D eigenvalue weighted by Gasteiger charge is 2.31. The van der Waals surface area contributed by atoms with Crippen LogP contribution in [0.4, 0.5) is 0 Å². The minimum absolute atomic E-state index is 0.0625. The number of aliphatic hydroxyl groups excluding tert-OH is 1. The van der Waals surface area contributed by atoms with Crippen molar-refractivity contribution in [3.63, 3.8) is 0 Å². The van der Waals surface area contributed by atoms with Crippen LogP contribution >= 0.6 is 0 Å². The Bertz CT molecular complexity index is 291. The second-order valence-corrected chi connectivity index (χ2v) is 5.58. The number of β-amino-alcohol motifs (C(OH)–C–C–N with tert-alkyl or cyclic N) is 1. The Morgan fingerprint density at radius 2 is 2.27 bits per heavy atom. The Kier molecular flexibility index (Phi) is 4.47. The van der Waals surface area contributed by atoms with Crippen molar-refractivity contribution in [2.75, 3.05) is 32.8 Å². The van der Waals surface area contributed by atoms with Crippen molar-refractivity contribution in [2.24, 2.45) is 0 Å². The van der Waals surface area contributed by atoms with Crippen LogP contribution in [-0.2, 0) is 10.1 Å². The fraction of sp³-hybridized carbons (Fsp3) is 1.00. The van der Waals surface area contributed by atoms with Crippen LogP contribution in [0.25, 0.3) is 0 Å². The van der Waals surface area contributed by atoms with Gasteiger partial charge in [0.1, 0.15) is 5.25 Å². The molecular formula is C8H18N2O4S. The molecule has 0 aromatic carbocycles. The SMILES string of the molecule is CC(C1CN(CCO)CCN1)S(=O)(=O)O. The van der Waals surface area contributed by atoms with Crippen molar-refractivity contribution >= 4 is 10.1 Å². The second kappa shape index (κ2) is 5.22. The maximum Gasteiger partial charge on any atom is 0.269 e. The molecule has 15 heavy (non-hydrogen) atoms. The van der Waals surface area contributed by atoms with E-state index in [-0.39, 0.29) is 12.6 Å². The molecule has 0 aliphatic carbocycles. The lowest BCUT2D eigenvalue weighted by Crippen LogP contribution is -2.56. The van der Waals surface area contributed by atoms with Gasteiger partial charge in [-0.25, -0.2) is 0 Å². The fourth-order valence-corrected chi connectivity index (χ4v) is 2.31. The highest BCUT2D eigenvalue weighted by Crippen LogP contribution is 2.09. The topological polar surface area (TPSA) is 89.9 Å². The molecule has 2 unspecified atom stereocenters. The molecule has 0 spiro atoms. The number of nitrogens with one attached hydrogen (secondary N) is 1. The van der Waals surface area contributed by atoms with Crippen LogP contribution in [0.5, 0.6) is 0 Å². The number of hydrogen-bond acceptors (Lipinski definition) is 5. The van der Waals surface area contributed by atoms with Crippen LogP contribution in [0.15, 0.2) is 0 Å². The van der Waals surface area contributed by atoms with Crippen molar-refractivity contribution in [3.05, 3.63) is 0 Å². The van der Waals surface area contributed by atoms with Gasteiger partial charge < -0.3 is 10.4 Å². The van der Waals surface area contributed by atoms with Gasteiger partial charge in [-0.05, 0) is 6.92 Å². The molecule has 1 saturated heterocycles. The zero-order valence-electron chi connectivity index (χ0n) is 8.76. The molecule has 0 saturated carbocycles. The summed E-state index contributed by atoms with van der Waals surface area (Å²) in [4.78, 5) is 1.98. The van der Waals surface area contributed by atoms with Gasteiger partial charge in [0.25, 0.3) is 10.1 Å². The third kappa shape index (κ3) is 3.69. The molecule has 0 aromatic rings. The molecule has 1 aliphatic rings. The molecule has 3 N–H and O–H groups in total. The van der Waals surface area contributed by atoms with E-state index in [1.807, 2.05) is 4.90 Å². The maximum absolute atomic E-state index is 10.9. The summed E-state index contributed by atoms with van der Waals surface area (Å²) in [6.07, 6.45) is 0. The zero-order chi connectivity index (χ0) is 11.5. The van der Waals surface area contributed by atoms with E-state index in [0.29, 0.717) is 19.6 Å². The van der Waals surface area contributed by atoms with Gasteiger partial charge in [-0.2, -0.15) is 8.42 Å². The average Bonchev–Trinajstić information content (AvgIpc) is 2.16. The number of aliphatic hydroxyl groups is 1. The van der Waals surface area contributed by atoms with E-state index in [9.17, 15) is 8.42 Å². The lowest BCUT2D eigenvalue weighted by molar-refractivity contribution is 0.155. The van der Waals surface area contributed by atoms with E-state index in [1.165, 1.54) is 6.92 Å². The van der Waals surface area contributed by atoms with Crippen molar-refractivity contribution in [1.82, 2.24) is 10.2 Å². The molecule has 0 aromatic heterocycles. The highest BCUT2D eigenvalue weighted by molar-refractivity contribution is 7.86. The molecule has 1 heterocycles. The Hall–Kier alpha value is -0.210. The van der Waals surface area contributed by atoms with Crippen molar-refractivity contribution in [3.8, 4) is 0 Å². The smallest absolute Gasteiger partial charge is 0.269 e. The molecule has 0 bridgehead atoms. The number of rotatable bonds is 4. The number of hydrogen-bond donors (Lipinski definition) is 3. The first-order chi connectivity index (χ1) is 6.95. The first-order valence-electron chi connectivity index (χ1n) is 4.98. The van der Waals surface area contributed by atoms with E-state index in [1.54, 1.807) is 0 Å². The molecule has 6 nitrogen and oxygen atoms in total. The summed E-state index contributed by atoms with van der Waals surface area (Å²) in [6, 6.07) is -0.278. The molecule has 1 fully saturated rings. The minimum atomic E-state index is -3.99. The molecule has 0 amide bonds. The molecule has 1 rings (SSSR count). The summed E-state index contributed by atoms with van der Waals surface area (Å²) in [5.74, 6) is 0. The summed E-state index contributed by atoms with van der Waals surface area (Å²) in [5.41, 5.74) is 0. The van der Waals surface area contributed by atoms with Gasteiger partial charge in [-0.3, -0.25) is 9.45 Å². The molecule has 90 valence electrons. The van der Waals surface area contributed by atoms with E-state index >= 15 is 0 Å². The quantitative estimate of drug-likeness (QED) is 0.518. The van der Waals surface area contributed by atoms with Gasteiger partial charge in [0.15, 0.2) is 0 Å². The minimum Gasteiger partial charge on any atom is -0.395 e. The van der Waals surface area contributed by atoms with E-state index in [0.717, 1.165) is 6.54 Å². The van der Waals surface area contributed by atoms with Crippen LogP contribution in [0.2, 0.25) is 0 Å². The fourth-order valence-electron chi connectivity index (χ4n) is 1.71. The van der Waals surface area contributed by atoms with Crippen LogP contribution < -0.4 is 5.32 Å². The van der Waals surface area contributed by atoms with Gasteiger partial charge in [-0.1, -0.05) is 0 Å². The predicted octanol–water partition coefficient (Wildman–Crippen LogP) is -1.47. The normalized spacial score (nSPS) is 26.5. The summed E-state index contributed by atoms with van der Waals surface area (Å²) in [5, 5.41) is 11.0. The first-order valence-corrected chi connectivity index (χ1v) is 6.48. The van der Waals surface area contributed by atoms with Crippen LogP contribution in [-0.4, -0.2) is 67.1 Å². The highest BCUT2D eigenvalue weighted by atomic mass is 32.2. The van der Waals surface area contributed by atoms with Gasteiger partial charge in [0.2, 0.25) is 0 Å². The Balaban J connectivity index is 2.56. The monoisotopic (exact) mass is 238 g/mol. The van der Waals surface area contributed by atoms with Gasteiger partial charge in [-0.15, -0.1) is 0 Å². The van der Waals surface area contributed by atoms with E-state index < -0.39 is 15.4 Å². The Morgan fingerprint density at radius 1 is 1.60 bits per heavy atom. The number of nitrogens with zero attached hydrogens (tertiary/aromatic N) is 1. The lowest BCUT2D eigenvalue weighted by Gasteiger charge is -2.35. The molecule has 0 radical (unpaired) electrons. The van der Waals surface area contributed by atoms with E-state index in [2.05, 4.69) is 5.32 Å². The third-order valence-electron chi connectivity index (χ3n) is 2.74. The standard InChI is InChI=1S/C8H18N2O4S/c1-7(15(12,13)14)8-6-10(4-5-11)3-2-9-8/h7-9,11H,2-6H2,1H3,(H,12,13,14). The van der Waals surface area contributed by atoms with Crippen molar-refractivity contribution < 1.29 is 18.1 Å². The molecule has 2 atom stereocenters. The van der Waals surface area contributed by atoms with Crippen LogP contribution in [0, 0.1) is 0 Å². The van der Waals surface area contributed by atoms with Crippen molar-refractivity contribution in [1.29, 1.82) is 0 Å². The van der Waals surface area contributed by atoms with Gasteiger partial charge in [0.05, 0.1) is 6.61 Å². The number of piperazine rings is 1. The largest absolute Gasteiger partial charge is 0.395 e. The molecular weight excluding hydrogens is 220 g/mol. The average molecular weight is 238 g/mol. The summed E-state index contributed by atoms with van der Waals surface area (Å²) < 4.78 is 30.8. The zero-order valence-corrected chi connectivity index (χ0v) is 9.57. The van der Waals surface area contributed by atoms with Crippen LogP contribution in [0.1, 0.15) is 6.92 Å². The second-order valence-electron chi connectivity index (χ2n) is 3.80. The third-order valence-corrected chi connectivity index (χ3v) is 4.01. The Labute approximate surface area is 90.0 Å².